The molecule has 1 aromatic carbocycles. The number of pyridine rings is 1. The fourth-order valence-electron chi connectivity index (χ4n) is 3.41. The van der Waals surface area contributed by atoms with E-state index in [-0.39, 0.29) is 35.9 Å². The van der Waals surface area contributed by atoms with Crippen LogP contribution in [0.5, 0.6) is 11.5 Å². The Labute approximate surface area is 178 Å². The van der Waals surface area contributed by atoms with Crippen molar-refractivity contribution >= 4 is 34.7 Å². The first-order chi connectivity index (χ1) is 13.9. The van der Waals surface area contributed by atoms with E-state index in [1.165, 1.54) is 31.6 Å². The second-order valence-electron chi connectivity index (χ2n) is 6.81. The Morgan fingerprint density at radius 2 is 1.86 bits per heavy atom. The zero-order valence-corrected chi connectivity index (χ0v) is 17.3. The molecule has 29 heavy (non-hydrogen) atoms. The molecule has 1 fully saturated rings. The quantitative estimate of drug-likeness (QED) is 0.309. The fraction of sp³-hybridized carbons (Fsp3) is 0.400. The van der Waals surface area contributed by atoms with Crippen molar-refractivity contribution in [1.82, 2.24) is 4.98 Å². The average molecular weight is 439 g/mol. The Morgan fingerprint density at radius 3 is 2.45 bits per heavy atom. The Hall–Kier alpha value is -2.38. The minimum absolute atomic E-state index is 0.000505. The molecule has 9 heteroatoms. The fourth-order valence-corrected chi connectivity index (χ4v) is 3.96. The van der Waals surface area contributed by atoms with Crippen LogP contribution in [0.2, 0.25) is 10.0 Å². The molecule has 0 spiro atoms. The van der Waals surface area contributed by atoms with Crippen molar-refractivity contribution in [2.75, 3.05) is 7.11 Å². The molecule has 1 aliphatic carbocycles. The van der Waals surface area contributed by atoms with Gasteiger partial charge >= 0.3 is 0 Å². The van der Waals surface area contributed by atoms with Gasteiger partial charge in [0.1, 0.15) is 0 Å². The molecule has 0 unspecified atom stereocenters. The summed E-state index contributed by atoms with van der Waals surface area (Å²) < 4.78 is 11.2. The molecule has 1 aromatic heterocycles. The van der Waals surface area contributed by atoms with E-state index in [1.807, 2.05) is 0 Å². The van der Waals surface area contributed by atoms with Crippen molar-refractivity contribution in [1.29, 1.82) is 0 Å². The maximum absolute atomic E-state index is 12.9. The third kappa shape index (κ3) is 4.97. The van der Waals surface area contributed by atoms with Crippen LogP contribution in [-0.4, -0.2) is 28.9 Å². The monoisotopic (exact) mass is 438 g/mol. The van der Waals surface area contributed by atoms with Gasteiger partial charge in [-0.1, -0.05) is 23.2 Å². The standard InChI is InChI=1S/C20H20Cl2N2O5/c1-28-19-9-17(24(26)27)14(8-20(19)29-12-4-2-3-5-12)18(25)7-6-13-15(21)10-23-11-16(13)22/h8-12H,2-7H2,1H3. The highest BCUT2D eigenvalue weighted by atomic mass is 35.5. The molecule has 3 rings (SSSR count). The van der Waals surface area contributed by atoms with Gasteiger partial charge in [-0.2, -0.15) is 0 Å². The molecule has 0 aliphatic heterocycles. The molecule has 1 heterocycles. The summed E-state index contributed by atoms with van der Waals surface area (Å²) in [6, 6.07) is 2.65. The summed E-state index contributed by atoms with van der Waals surface area (Å²) >= 11 is 12.2. The lowest BCUT2D eigenvalue weighted by Crippen LogP contribution is -2.13. The van der Waals surface area contributed by atoms with Crippen LogP contribution >= 0.6 is 23.2 Å². The lowest BCUT2D eigenvalue weighted by atomic mass is 10.0. The summed E-state index contributed by atoms with van der Waals surface area (Å²) in [5, 5.41) is 12.2. The van der Waals surface area contributed by atoms with Crippen LogP contribution in [-0.2, 0) is 6.42 Å². The van der Waals surface area contributed by atoms with Gasteiger partial charge in [0.2, 0.25) is 0 Å². The largest absolute Gasteiger partial charge is 0.493 e. The van der Waals surface area contributed by atoms with E-state index in [1.54, 1.807) is 0 Å². The van der Waals surface area contributed by atoms with Crippen molar-refractivity contribution in [3.05, 3.63) is 55.8 Å². The smallest absolute Gasteiger partial charge is 0.284 e. The molecule has 0 amide bonds. The number of ketones is 1. The van der Waals surface area contributed by atoms with Gasteiger partial charge in [0.25, 0.3) is 5.69 Å². The number of nitrogens with zero attached hydrogens (tertiary/aromatic N) is 2. The number of aromatic nitrogens is 1. The van der Waals surface area contributed by atoms with Gasteiger partial charge in [-0.3, -0.25) is 19.9 Å². The molecule has 0 N–H and O–H groups in total. The lowest BCUT2D eigenvalue weighted by molar-refractivity contribution is -0.385. The molecule has 0 bridgehead atoms. The zero-order chi connectivity index (χ0) is 21.0. The third-order valence-electron chi connectivity index (χ3n) is 4.93. The van der Waals surface area contributed by atoms with E-state index in [4.69, 9.17) is 32.7 Å². The number of nitro groups is 1. The SMILES string of the molecule is COc1cc([N+](=O)[O-])c(C(=O)CCc2c(Cl)cncc2Cl)cc1OC1CCCC1. The number of hydrogen-bond donors (Lipinski definition) is 0. The number of halogens is 2. The molecule has 0 saturated heterocycles. The van der Waals surface area contributed by atoms with E-state index >= 15 is 0 Å². The third-order valence-corrected chi connectivity index (χ3v) is 5.58. The van der Waals surface area contributed by atoms with Gasteiger partial charge in [0.05, 0.1) is 39.8 Å². The van der Waals surface area contributed by atoms with Gasteiger partial charge in [-0.15, -0.1) is 0 Å². The van der Waals surface area contributed by atoms with Gasteiger partial charge in [-0.05, 0) is 37.7 Å². The summed E-state index contributed by atoms with van der Waals surface area (Å²) in [7, 11) is 1.41. The number of carbonyl (C=O) groups is 1. The van der Waals surface area contributed by atoms with Crippen molar-refractivity contribution in [3.63, 3.8) is 0 Å². The van der Waals surface area contributed by atoms with Crippen LogP contribution in [0, 0.1) is 10.1 Å². The van der Waals surface area contributed by atoms with Gasteiger partial charge < -0.3 is 9.47 Å². The van der Waals surface area contributed by atoms with Crippen LogP contribution in [0.25, 0.3) is 0 Å². The second-order valence-corrected chi connectivity index (χ2v) is 7.62. The van der Waals surface area contributed by atoms with Crippen LogP contribution in [0.4, 0.5) is 5.69 Å². The summed E-state index contributed by atoms with van der Waals surface area (Å²) in [5.74, 6) is 0.174. The lowest BCUT2D eigenvalue weighted by Gasteiger charge is -2.17. The molecule has 0 radical (unpaired) electrons. The van der Waals surface area contributed by atoms with Gasteiger partial charge in [0, 0.05) is 24.9 Å². The van der Waals surface area contributed by atoms with E-state index in [2.05, 4.69) is 4.98 Å². The molecule has 1 aliphatic rings. The Balaban J connectivity index is 1.88. The summed E-state index contributed by atoms with van der Waals surface area (Å²) in [6.07, 6.45) is 7.08. The first kappa shape index (κ1) is 21.3. The highest BCUT2D eigenvalue weighted by molar-refractivity contribution is 6.35. The molecule has 2 aromatic rings. The van der Waals surface area contributed by atoms with Crippen molar-refractivity contribution in [2.45, 2.75) is 44.6 Å². The summed E-state index contributed by atoms with van der Waals surface area (Å²) in [6.45, 7) is 0. The summed E-state index contributed by atoms with van der Waals surface area (Å²) in [5.41, 5.74) is 0.234. The Bertz CT molecular complexity index is 909. The van der Waals surface area contributed by atoms with Crippen molar-refractivity contribution in [2.24, 2.45) is 0 Å². The normalized spacial score (nSPS) is 14.0. The number of methoxy groups -OCH3 is 1. The predicted octanol–water partition coefficient (Wildman–Crippen LogP) is 5.44. The number of ether oxygens (including phenoxy) is 2. The molecule has 1 saturated carbocycles. The minimum atomic E-state index is -0.596. The van der Waals surface area contributed by atoms with Crippen LogP contribution in [0.15, 0.2) is 24.5 Å². The van der Waals surface area contributed by atoms with E-state index in [0.29, 0.717) is 21.4 Å². The first-order valence-corrected chi connectivity index (χ1v) is 10.0. The predicted molar refractivity (Wildman–Crippen MR) is 109 cm³/mol. The zero-order valence-electron chi connectivity index (χ0n) is 15.8. The maximum Gasteiger partial charge on any atom is 0.284 e. The van der Waals surface area contributed by atoms with E-state index in [9.17, 15) is 14.9 Å². The van der Waals surface area contributed by atoms with Crippen molar-refractivity contribution < 1.29 is 19.2 Å². The topological polar surface area (TPSA) is 91.6 Å². The van der Waals surface area contributed by atoms with Crippen LogP contribution in [0.1, 0.15) is 48.0 Å². The molecular weight excluding hydrogens is 419 g/mol. The number of rotatable bonds is 8. The molecule has 0 atom stereocenters. The average Bonchev–Trinajstić information content (AvgIpc) is 3.20. The van der Waals surface area contributed by atoms with Gasteiger partial charge in [-0.25, -0.2) is 0 Å². The summed E-state index contributed by atoms with van der Waals surface area (Å²) in [4.78, 5) is 27.7. The number of benzene rings is 1. The molecular formula is C20H20Cl2N2O5. The minimum Gasteiger partial charge on any atom is -0.493 e. The first-order valence-electron chi connectivity index (χ1n) is 9.25. The number of carbonyl (C=O) groups excluding carboxylic acids is 1. The molecule has 7 nitrogen and oxygen atoms in total. The maximum atomic E-state index is 12.9. The van der Waals surface area contributed by atoms with Gasteiger partial charge in [0.15, 0.2) is 17.3 Å². The number of hydrogen-bond acceptors (Lipinski definition) is 6. The molecule has 154 valence electrons. The highest BCUT2D eigenvalue weighted by Gasteiger charge is 2.27. The number of Topliss-reactive ketones (excluding diaryl/α,β-unsaturated/α-hetero) is 1. The van der Waals surface area contributed by atoms with Crippen LogP contribution in [0.3, 0.4) is 0 Å². The number of nitro benzene ring substituents is 1. The van der Waals surface area contributed by atoms with Crippen LogP contribution < -0.4 is 9.47 Å². The van der Waals surface area contributed by atoms with E-state index in [0.717, 1.165) is 25.7 Å². The van der Waals surface area contributed by atoms with Crippen molar-refractivity contribution in [3.8, 4) is 11.5 Å². The Kier molecular flexibility index (Phi) is 6.92. The van der Waals surface area contributed by atoms with E-state index < -0.39 is 10.7 Å². The highest BCUT2D eigenvalue weighted by Crippen LogP contribution is 2.38. The second kappa shape index (κ2) is 9.41. The Morgan fingerprint density at radius 1 is 1.21 bits per heavy atom.